The molecule has 0 atom stereocenters. The van der Waals surface area contributed by atoms with E-state index in [0.717, 1.165) is 17.0 Å². The van der Waals surface area contributed by atoms with Gasteiger partial charge in [-0.3, -0.25) is 4.79 Å². The molecule has 0 radical (unpaired) electrons. The molecule has 0 fully saturated rings. The average molecular weight is 400 g/mol. The molecule has 6 heteroatoms. The standard InChI is InChI=1S/C24H24N4O2/c1-4-30-21-12-10-20(11-13-21)28-26-22-14-9-19(15-23(22)27-28)25-24(29)18-7-5-17(6-8-18)16(2)3/h5-16H,4H2,1-3H3,(H,25,29). The number of amides is 1. The van der Waals surface area contributed by atoms with Gasteiger partial charge in [0, 0.05) is 11.3 Å². The number of ether oxygens (including phenoxy) is 1. The molecule has 0 saturated heterocycles. The van der Waals surface area contributed by atoms with Crippen molar-refractivity contribution in [3.63, 3.8) is 0 Å². The third-order valence-electron chi connectivity index (χ3n) is 4.86. The number of fused-ring (bicyclic) bond motifs is 1. The molecule has 1 heterocycles. The first-order valence-electron chi connectivity index (χ1n) is 10.0. The Morgan fingerprint density at radius 1 is 0.967 bits per heavy atom. The maximum atomic E-state index is 12.6. The fourth-order valence-corrected chi connectivity index (χ4v) is 3.17. The fraction of sp³-hybridized carbons (Fsp3) is 0.208. The van der Waals surface area contributed by atoms with E-state index in [1.165, 1.54) is 5.56 Å². The third-order valence-corrected chi connectivity index (χ3v) is 4.86. The van der Waals surface area contributed by atoms with E-state index < -0.39 is 0 Å². The summed E-state index contributed by atoms with van der Waals surface area (Å²) in [7, 11) is 0. The number of carbonyl (C=O) groups excluding carboxylic acids is 1. The maximum absolute atomic E-state index is 12.6. The number of carbonyl (C=O) groups is 1. The SMILES string of the molecule is CCOc1ccc(-n2nc3ccc(NC(=O)c4ccc(C(C)C)cc4)cc3n2)cc1. The number of aromatic nitrogens is 3. The first-order valence-corrected chi connectivity index (χ1v) is 10.0. The summed E-state index contributed by atoms with van der Waals surface area (Å²) in [5.74, 6) is 1.09. The zero-order valence-electron chi connectivity index (χ0n) is 17.3. The van der Waals surface area contributed by atoms with Crippen LogP contribution in [-0.4, -0.2) is 27.5 Å². The molecule has 0 bridgehead atoms. The zero-order chi connectivity index (χ0) is 21.1. The quantitative estimate of drug-likeness (QED) is 0.483. The second-order valence-electron chi connectivity index (χ2n) is 7.35. The van der Waals surface area contributed by atoms with Crippen LogP contribution in [0.4, 0.5) is 5.69 Å². The van der Waals surface area contributed by atoms with Gasteiger partial charge in [-0.25, -0.2) is 0 Å². The van der Waals surface area contributed by atoms with Gasteiger partial charge >= 0.3 is 0 Å². The van der Waals surface area contributed by atoms with E-state index in [-0.39, 0.29) is 5.91 Å². The van der Waals surface area contributed by atoms with Crippen LogP contribution in [0.2, 0.25) is 0 Å². The van der Waals surface area contributed by atoms with Gasteiger partial charge < -0.3 is 10.1 Å². The van der Waals surface area contributed by atoms with Gasteiger partial charge in [0.15, 0.2) is 0 Å². The van der Waals surface area contributed by atoms with Gasteiger partial charge in [0.05, 0.1) is 12.3 Å². The molecule has 1 N–H and O–H groups in total. The van der Waals surface area contributed by atoms with Gasteiger partial charge in [-0.2, -0.15) is 4.80 Å². The van der Waals surface area contributed by atoms with Gasteiger partial charge in [-0.15, -0.1) is 10.2 Å². The summed E-state index contributed by atoms with van der Waals surface area (Å²) in [5.41, 5.74) is 4.81. The highest BCUT2D eigenvalue weighted by atomic mass is 16.5. The van der Waals surface area contributed by atoms with Crippen LogP contribution in [0.1, 0.15) is 42.6 Å². The van der Waals surface area contributed by atoms with E-state index >= 15 is 0 Å². The van der Waals surface area contributed by atoms with E-state index in [1.807, 2.05) is 73.7 Å². The molecule has 152 valence electrons. The van der Waals surface area contributed by atoms with E-state index in [2.05, 4.69) is 29.4 Å². The summed E-state index contributed by atoms with van der Waals surface area (Å²) >= 11 is 0. The largest absolute Gasteiger partial charge is 0.494 e. The van der Waals surface area contributed by atoms with Crippen molar-refractivity contribution in [1.82, 2.24) is 15.0 Å². The van der Waals surface area contributed by atoms with Crippen molar-refractivity contribution in [2.45, 2.75) is 26.7 Å². The van der Waals surface area contributed by atoms with E-state index in [1.54, 1.807) is 4.80 Å². The Hall–Kier alpha value is -3.67. The Balaban J connectivity index is 1.52. The van der Waals surface area contributed by atoms with E-state index in [0.29, 0.717) is 29.3 Å². The minimum absolute atomic E-state index is 0.149. The van der Waals surface area contributed by atoms with Crippen molar-refractivity contribution in [2.75, 3.05) is 11.9 Å². The smallest absolute Gasteiger partial charge is 0.255 e. The highest BCUT2D eigenvalue weighted by molar-refractivity contribution is 6.04. The van der Waals surface area contributed by atoms with Crippen LogP contribution in [-0.2, 0) is 0 Å². The molecule has 0 aliphatic rings. The normalized spacial score (nSPS) is 11.1. The molecule has 0 saturated carbocycles. The van der Waals surface area contributed by atoms with Gasteiger partial charge in [-0.05, 0) is 73.0 Å². The predicted molar refractivity (Wildman–Crippen MR) is 119 cm³/mol. The van der Waals surface area contributed by atoms with E-state index in [4.69, 9.17) is 4.74 Å². The molecule has 3 aromatic carbocycles. The lowest BCUT2D eigenvalue weighted by Crippen LogP contribution is -2.11. The first-order chi connectivity index (χ1) is 14.5. The lowest BCUT2D eigenvalue weighted by molar-refractivity contribution is 0.102. The Kier molecular flexibility index (Phi) is 5.48. The summed E-state index contributed by atoms with van der Waals surface area (Å²) in [6, 6.07) is 20.8. The summed E-state index contributed by atoms with van der Waals surface area (Å²) in [6.45, 7) is 6.84. The Morgan fingerprint density at radius 3 is 2.33 bits per heavy atom. The van der Waals surface area contributed by atoms with Crippen LogP contribution < -0.4 is 10.1 Å². The molecule has 4 rings (SSSR count). The van der Waals surface area contributed by atoms with Crippen molar-refractivity contribution in [3.05, 3.63) is 77.9 Å². The van der Waals surface area contributed by atoms with Crippen LogP contribution >= 0.6 is 0 Å². The van der Waals surface area contributed by atoms with Crippen LogP contribution in [0.5, 0.6) is 5.75 Å². The summed E-state index contributed by atoms with van der Waals surface area (Å²) in [6.07, 6.45) is 0. The first kappa shape index (κ1) is 19.6. The molecular weight excluding hydrogens is 376 g/mol. The van der Waals surface area contributed by atoms with Crippen molar-refractivity contribution in [2.24, 2.45) is 0 Å². The Morgan fingerprint density at radius 2 is 1.67 bits per heavy atom. The molecule has 0 aliphatic carbocycles. The number of hydrogen-bond donors (Lipinski definition) is 1. The van der Waals surface area contributed by atoms with Crippen LogP contribution in [0, 0.1) is 0 Å². The second-order valence-corrected chi connectivity index (χ2v) is 7.35. The third kappa shape index (κ3) is 4.17. The van der Waals surface area contributed by atoms with Crippen molar-refractivity contribution in [3.8, 4) is 11.4 Å². The predicted octanol–water partition coefficient (Wildman–Crippen LogP) is 5.19. The van der Waals surface area contributed by atoms with Crippen LogP contribution in [0.15, 0.2) is 66.7 Å². The molecule has 0 aliphatic heterocycles. The lowest BCUT2D eigenvalue weighted by atomic mass is 10.0. The van der Waals surface area contributed by atoms with E-state index in [9.17, 15) is 4.79 Å². The molecule has 1 amide bonds. The minimum atomic E-state index is -0.149. The molecule has 0 spiro atoms. The monoisotopic (exact) mass is 400 g/mol. The fourth-order valence-electron chi connectivity index (χ4n) is 3.17. The molecular formula is C24H24N4O2. The van der Waals surface area contributed by atoms with Gasteiger partial charge in [-0.1, -0.05) is 26.0 Å². The van der Waals surface area contributed by atoms with Gasteiger partial charge in [0.2, 0.25) is 0 Å². The number of rotatable bonds is 6. The number of anilines is 1. The molecule has 6 nitrogen and oxygen atoms in total. The van der Waals surface area contributed by atoms with Crippen molar-refractivity contribution in [1.29, 1.82) is 0 Å². The molecule has 0 unspecified atom stereocenters. The summed E-state index contributed by atoms with van der Waals surface area (Å²) in [4.78, 5) is 14.2. The second kappa shape index (κ2) is 8.37. The number of benzene rings is 3. The summed E-state index contributed by atoms with van der Waals surface area (Å²) in [5, 5.41) is 12.0. The van der Waals surface area contributed by atoms with Crippen molar-refractivity contribution >= 4 is 22.6 Å². The zero-order valence-corrected chi connectivity index (χ0v) is 17.3. The molecule has 4 aromatic rings. The average Bonchev–Trinajstić information content (AvgIpc) is 3.18. The van der Waals surface area contributed by atoms with Crippen LogP contribution in [0.25, 0.3) is 16.7 Å². The highest BCUT2D eigenvalue weighted by Gasteiger charge is 2.10. The minimum Gasteiger partial charge on any atom is -0.494 e. The highest BCUT2D eigenvalue weighted by Crippen LogP contribution is 2.20. The topological polar surface area (TPSA) is 69.0 Å². The number of hydrogen-bond acceptors (Lipinski definition) is 4. The van der Waals surface area contributed by atoms with Gasteiger partial charge in [0.1, 0.15) is 16.8 Å². The number of nitrogens with zero attached hydrogens (tertiary/aromatic N) is 3. The molecule has 30 heavy (non-hydrogen) atoms. The van der Waals surface area contributed by atoms with Gasteiger partial charge in [0.25, 0.3) is 5.91 Å². The van der Waals surface area contributed by atoms with Crippen molar-refractivity contribution < 1.29 is 9.53 Å². The lowest BCUT2D eigenvalue weighted by Gasteiger charge is -2.08. The summed E-state index contributed by atoms with van der Waals surface area (Å²) < 4.78 is 5.47. The maximum Gasteiger partial charge on any atom is 0.255 e. The Labute approximate surface area is 175 Å². The molecule has 1 aromatic heterocycles. The number of nitrogens with one attached hydrogen (secondary N) is 1. The van der Waals surface area contributed by atoms with Crippen LogP contribution in [0.3, 0.4) is 0 Å². The Bertz CT molecular complexity index is 1160.